The zero-order chi connectivity index (χ0) is 14.6. The molecule has 0 amide bonds. The van der Waals surface area contributed by atoms with Crippen molar-refractivity contribution in [3.63, 3.8) is 0 Å². The van der Waals surface area contributed by atoms with Crippen LogP contribution in [0.15, 0.2) is 30.6 Å². The van der Waals surface area contributed by atoms with E-state index >= 15 is 0 Å². The zero-order valence-corrected chi connectivity index (χ0v) is 12.0. The van der Waals surface area contributed by atoms with Crippen LogP contribution in [0.2, 0.25) is 0 Å². The summed E-state index contributed by atoms with van der Waals surface area (Å²) in [4.78, 5) is 0. The van der Waals surface area contributed by atoms with Crippen LogP contribution in [0.5, 0.6) is 0 Å². The fourth-order valence-corrected chi connectivity index (χ4v) is 2.77. The molecular weight excluding hydrogens is 278 g/mol. The van der Waals surface area contributed by atoms with Gasteiger partial charge in [-0.2, -0.15) is 0 Å². The second-order valence-corrected chi connectivity index (χ2v) is 6.27. The van der Waals surface area contributed by atoms with E-state index in [9.17, 15) is 8.42 Å². The zero-order valence-electron chi connectivity index (χ0n) is 11.2. The van der Waals surface area contributed by atoms with Gasteiger partial charge in [-0.3, -0.25) is 0 Å². The van der Waals surface area contributed by atoms with Gasteiger partial charge >= 0.3 is 0 Å². The number of nitrogens with zero attached hydrogens (tertiary/aromatic N) is 3. The Bertz CT molecular complexity index is 663. The summed E-state index contributed by atoms with van der Waals surface area (Å²) in [5, 5.41) is 7.51. The summed E-state index contributed by atoms with van der Waals surface area (Å²) >= 11 is 0. The first-order valence-electron chi connectivity index (χ1n) is 6.08. The van der Waals surface area contributed by atoms with Gasteiger partial charge in [0.05, 0.1) is 12.3 Å². The molecule has 0 aliphatic rings. The lowest BCUT2D eigenvalue weighted by Crippen LogP contribution is -2.26. The third kappa shape index (κ3) is 3.86. The van der Waals surface area contributed by atoms with Crippen LogP contribution in [0, 0.1) is 0 Å². The van der Waals surface area contributed by atoms with Gasteiger partial charge in [-0.05, 0) is 11.1 Å². The van der Waals surface area contributed by atoms with Crippen molar-refractivity contribution in [1.29, 1.82) is 0 Å². The lowest BCUT2D eigenvalue weighted by molar-refractivity contribution is 0.576. The van der Waals surface area contributed by atoms with Gasteiger partial charge in [0.25, 0.3) is 0 Å². The van der Waals surface area contributed by atoms with E-state index in [-0.39, 0.29) is 12.3 Å². The van der Waals surface area contributed by atoms with Crippen molar-refractivity contribution >= 4 is 10.0 Å². The van der Waals surface area contributed by atoms with E-state index in [0.717, 1.165) is 5.56 Å². The molecule has 0 aliphatic heterocycles. The molecule has 8 heteroatoms. The molecule has 1 aromatic heterocycles. The highest BCUT2D eigenvalue weighted by atomic mass is 32.2. The van der Waals surface area contributed by atoms with Gasteiger partial charge in [-0.25, -0.2) is 13.1 Å². The van der Waals surface area contributed by atoms with Crippen molar-refractivity contribution in [2.75, 3.05) is 0 Å². The van der Waals surface area contributed by atoms with E-state index in [0.29, 0.717) is 17.9 Å². The summed E-state index contributed by atoms with van der Waals surface area (Å²) in [5.41, 5.74) is 7.18. The molecule has 0 spiro atoms. The van der Waals surface area contributed by atoms with Crippen molar-refractivity contribution in [2.45, 2.75) is 18.8 Å². The molecule has 0 fully saturated rings. The average Bonchev–Trinajstić information content (AvgIpc) is 2.83. The standard InChI is InChI=1S/C12H17N5O2S/c1-17-9-14-16-12(17)7-15-20(18,19)8-11-4-2-10(6-13)3-5-11/h2-5,9,15H,6-8,13H2,1H3. The molecule has 7 nitrogen and oxygen atoms in total. The van der Waals surface area contributed by atoms with Crippen LogP contribution in [0.4, 0.5) is 0 Å². The van der Waals surface area contributed by atoms with E-state index in [2.05, 4.69) is 14.9 Å². The highest BCUT2D eigenvalue weighted by Crippen LogP contribution is 2.07. The number of aryl methyl sites for hydroxylation is 1. The van der Waals surface area contributed by atoms with Crippen LogP contribution >= 0.6 is 0 Å². The number of nitrogens with two attached hydrogens (primary N) is 1. The van der Waals surface area contributed by atoms with Crippen LogP contribution in [0.25, 0.3) is 0 Å². The lowest BCUT2D eigenvalue weighted by Gasteiger charge is -2.07. The molecule has 3 N–H and O–H groups in total. The highest BCUT2D eigenvalue weighted by Gasteiger charge is 2.12. The molecule has 108 valence electrons. The fourth-order valence-electron chi connectivity index (χ4n) is 1.68. The van der Waals surface area contributed by atoms with Crippen LogP contribution in [0.1, 0.15) is 17.0 Å². The molecule has 0 bridgehead atoms. The molecule has 1 heterocycles. The number of nitrogens with one attached hydrogen (secondary N) is 1. The van der Waals surface area contributed by atoms with Gasteiger partial charge < -0.3 is 10.3 Å². The first-order chi connectivity index (χ1) is 9.50. The molecule has 0 atom stereocenters. The summed E-state index contributed by atoms with van der Waals surface area (Å²) in [6.07, 6.45) is 1.52. The largest absolute Gasteiger partial charge is 0.326 e. The molecule has 0 saturated heterocycles. The number of rotatable bonds is 6. The van der Waals surface area contributed by atoms with Gasteiger partial charge in [0.1, 0.15) is 12.2 Å². The summed E-state index contributed by atoms with van der Waals surface area (Å²) < 4.78 is 28.1. The third-order valence-electron chi connectivity index (χ3n) is 2.87. The minimum absolute atomic E-state index is 0.0737. The van der Waals surface area contributed by atoms with E-state index in [1.165, 1.54) is 6.33 Å². The monoisotopic (exact) mass is 295 g/mol. The molecule has 2 rings (SSSR count). The number of aromatic nitrogens is 3. The van der Waals surface area contributed by atoms with Crippen molar-refractivity contribution < 1.29 is 8.42 Å². The van der Waals surface area contributed by atoms with E-state index in [1.54, 1.807) is 23.7 Å². The summed E-state index contributed by atoms with van der Waals surface area (Å²) in [6.45, 7) is 0.567. The molecule has 0 saturated carbocycles. The molecular formula is C12H17N5O2S. The Kier molecular flexibility index (Phi) is 4.48. The van der Waals surface area contributed by atoms with Crippen molar-refractivity contribution in [3.8, 4) is 0 Å². The highest BCUT2D eigenvalue weighted by molar-refractivity contribution is 7.88. The van der Waals surface area contributed by atoms with Crippen molar-refractivity contribution in [3.05, 3.63) is 47.5 Å². The fraction of sp³-hybridized carbons (Fsp3) is 0.333. The molecule has 0 unspecified atom stereocenters. The number of benzene rings is 1. The first-order valence-corrected chi connectivity index (χ1v) is 7.73. The average molecular weight is 295 g/mol. The smallest absolute Gasteiger partial charge is 0.216 e. The third-order valence-corrected chi connectivity index (χ3v) is 4.17. The normalized spacial score (nSPS) is 11.7. The van der Waals surface area contributed by atoms with Crippen molar-refractivity contribution in [1.82, 2.24) is 19.5 Å². The maximum absolute atomic E-state index is 12.0. The molecule has 1 aromatic carbocycles. The second kappa shape index (κ2) is 6.12. The van der Waals surface area contributed by atoms with Gasteiger partial charge in [0.15, 0.2) is 0 Å². The van der Waals surface area contributed by atoms with Gasteiger partial charge in [-0.15, -0.1) is 10.2 Å². The van der Waals surface area contributed by atoms with E-state index in [1.807, 2.05) is 12.1 Å². The Morgan fingerprint density at radius 2 is 1.90 bits per heavy atom. The Morgan fingerprint density at radius 1 is 1.25 bits per heavy atom. The molecule has 2 aromatic rings. The number of hydrogen-bond acceptors (Lipinski definition) is 5. The topological polar surface area (TPSA) is 103 Å². The Balaban J connectivity index is 1.98. The van der Waals surface area contributed by atoms with Gasteiger partial charge in [0, 0.05) is 13.6 Å². The second-order valence-electron chi connectivity index (χ2n) is 4.46. The van der Waals surface area contributed by atoms with Crippen LogP contribution < -0.4 is 10.5 Å². The molecule has 20 heavy (non-hydrogen) atoms. The molecule has 0 radical (unpaired) electrons. The quantitative estimate of drug-likeness (QED) is 0.774. The number of hydrogen-bond donors (Lipinski definition) is 2. The summed E-state index contributed by atoms with van der Waals surface area (Å²) in [7, 11) is -1.65. The first kappa shape index (κ1) is 14.6. The van der Waals surface area contributed by atoms with Gasteiger partial charge in [0.2, 0.25) is 10.0 Å². The maximum atomic E-state index is 12.0. The van der Waals surface area contributed by atoms with Gasteiger partial charge in [-0.1, -0.05) is 24.3 Å². The Hall–Kier alpha value is -1.77. The molecule has 0 aliphatic carbocycles. The summed E-state index contributed by atoms with van der Waals surface area (Å²) in [5.74, 6) is 0.488. The Morgan fingerprint density at radius 3 is 2.45 bits per heavy atom. The summed E-state index contributed by atoms with van der Waals surface area (Å²) in [6, 6.07) is 7.19. The van der Waals surface area contributed by atoms with E-state index in [4.69, 9.17) is 5.73 Å². The number of sulfonamides is 1. The van der Waals surface area contributed by atoms with Crippen LogP contribution in [0.3, 0.4) is 0 Å². The minimum Gasteiger partial charge on any atom is -0.326 e. The Labute approximate surface area is 117 Å². The van der Waals surface area contributed by atoms with Crippen molar-refractivity contribution in [2.24, 2.45) is 12.8 Å². The SMILES string of the molecule is Cn1cnnc1CNS(=O)(=O)Cc1ccc(CN)cc1. The van der Waals surface area contributed by atoms with E-state index < -0.39 is 10.0 Å². The minimum atomic E-state index is -3.41. The van der Waals surface area contributed by atoms with Crippen LogP contribution in [-0.2, 0) is 35.9 Å². The van der Waals surface area contributed by atoms with Crippen LogP contribution in [-0.4, -0.2) is 23.2 Å². The maximum Gasteiger partial charge on any atom is 0.216 e. The lowest BCUT2D eigenvalue weighted by atomic mass is 10.1. The predicted octanol–water partition coefficient (Wildman–Crippen LogP) is -0.107. The predicted molar refractivity (Wildman–Crippen MR) is 74.8 cm³/mol.